The summed E-state index contributed by atoms with van der Waals surface area (Å²) in [6.07, 6.45) is 0. The highest BCUT2D eigenvalue weighted by atomic mass is 16.5. The van der Waals surface area contributed by atoms with Crippen molar-refractivity contribution in [2.45, 2.75) is 33.2 Å². The molecule has 0 spiro atoms. The van der Waals surface area contributed by atoms with Gasteiger partial charge in [-0.25, -0.2) is 0 Å². The van der Waals surface area contributed by atoms with Gasteiger partial charge in [0.2, 0.25) is 11.9 Å². The molecule has 0 amide bonds. The van der Waals surface area contributed by atoms with Gasteiger partial charge in [-0.3, -0.25) is 0 Å². The monoisotopic (exact) mass is 281 g/mol. The van der Waals surface area contributed by atoms with Crippen molar-refractivity contribution in [3.05, 3.63) is 0 Å². The Labute approximate surface area is 119 Å². The fraction of sp³-hybridized carbons (Fsp3) is 0.769. The molecule has 0 saturated carbocycles. The molecule has 1 aromatic heterocycles. The van der Waals surface area contributed by atoms with Gasteiger partial charge in [-0.1, -0.05) is 0 Å². The molecule has 1 saturated heterocycles. The van der Waals surface area contributed by atoms with Crippen molar-refractivity contribution in [1.82, 2.24) is 15.0 Å². The van der Waals surface area contributed by atoms with Gasteiger partial charge in [-0.05, 0) is 27.7 Å². The Morgan fingerprint density at radius 2 is 2.10 bits per heavy atom. The number of morpholine rings is 1. The molecular weight excluding hydrogens is 258 g/mol. The molecule has 2 heterocycles. The van der Waals surface area contributed by atoms with Crippen LogP contribution < -0.4 is 15.0 Å². The summed E-state index contributed by atoms with van der Waals surface area (Å²) in [6.45, 7) is 11.5. The summed E-state index contributed by atoms with van der Waals surface area (Å²) < 4.78 is 11.0. The van der Waals surface area contributed by atoms with Crippen LogP contribution in [0.25, 0.3) is 0 Å². The van der Waals surface area contributed by atoms with Gasteiger partial charge in [-0.2, -0.15) is 15.0 Å². The Bertz CT molecular complexity index is 428. The Hall–Kier alpha value is -1.63. The minimum atomic E-state index is -0.146. The van der Waals surface area contributed by atoms with E-state index in [2.05, 4.69) is 39.0 Å². The summed E-state index contributed by atoms with van der Waals surface area (Å²) in [4.78, 5) is 15.3. The maximum atomic E-state index is 5.53. The lowest BCUT2D eigenvalue weighted by molar-refractivity contribution is 0.0632. The van der Waals surface area contributed by atoms with E-state index in [-0.39, 0.29) is 5.54 Å². The first-order valence-corrected chi connectivity index (χ1v) is 7.05. The number of ether oxygens (including phenoxy) is 2. The van der Waals surface area contributed by atoms with Crippen LogP contribution in [0.1, 0.15) is 27.7 Å². The molecule has 1 N–H and O–H groups in total. The molecule has 1 aromatic rings. The van der Waals surface area contributed by atoms with Crippen molar-refractivity contribution in [3.8, 4) is 6.01 Å². The van der Waals surface area contributed by atoms with Crippen LogP contribution >= 0.6 is 0 Å². The number of aromatic nitrogens is 3. The van der Waals surface area contributed by atoms with E-state index < -0.39 is 0 Å². The number of hydrogen-bond donors (Lipinski definition) is 1. The van der Waals surface area contributed by atoms with Gasteiger partial charge < -0.3 is 19.7 Å². The van der Waals surface area contributed by atoms with Gasteiger partial charge in [-0.15, -0.1) is 0 Å². The number of anilines is 2. The number of rotatable bonds is 5. The van der Waals surface area contributed by atoms with E-state index in [9.17, 15) is 0 Å². The summed E-state index contributed by atoms with van der Waals surface area (Å²) in [5.74, 6) is 1.18. The average Bonchev–Trinajstić information content (AvgIpc) is 2.38. The molecule has 20 heavy (non-hydrogen) atoms. The first-order valence-electron chi connectivity index (χ1n) is 7.05. The zero-order valence-corrected chi connectivity index (χ0v) is 12.6. The van der Waals surface area contributed by atoms with Gasteiger partial charge in [0.25, 0.3) is 0 Å². The van der Waals surface area contributed by atoms with Crippen molar-refractivity contribution in [1.29, 1.82) is 0 Å². The summed E-state index contributed by atoms with van der Waals surface area (Å²) in [7, 11) is 0. The smallest absolute Gasteiger partial charge is 0.323 e. The van der Waals surface area contributed by atoms with Gasteiger partial charge in [0.05, 0.1) is 25.4 Å². The third kappa shape index (κ3) is 3.27. The zero-order chi connectivity index (χ0) is 14.6. The van der Waals surface area contributed by atoms with E-state index >= 15 is 0 Å². The van der Waals surface area contributed by atoms with E-state index in [0.29, 0.717) is 37.7 Å². The highest BCUT2D eigenvalue weighted by Gasteiger charge is 2.33. The van der Waals surface area contributed by atoms with E-state index in [0.717, 1.165) is 13.1 Å². The molecule has 0 radical (unpaired) electrons. The third-order valence-electron chi connectivity index (χ3n) is 3.10. The Balaban J connectivity index is 2.33. The van der Waals surface area contributed by atoms with Crippen molar-refractivity contribution >= 4 is 11.9 Å². The molecule has 0 unspecified atom stereocenters. The maximum absolute atomic E-state index is 5.53. The van der Waals surface area contributed by atoms with Gasteiger partial charge in [0.1, 0.15) is 0 Å². The number of hydrogen-bond acceptors (Lipinski definition) is 7. The van der Waals surface area contributed by atoms with Crippen molar-refractivity contribution in [3.63, 3.8) is 0 Å². The Kier molecular flexibility index (Phi) is 4.59. The fourth-order valence-electron chi connectivity index (χ4n) is 2.13. The molecule has 7 heteroatoms. The van der Waals surface area contributed by atoms with Crippen LogP contribution in [0.2, 0.25) is 0 Å². The number of nitrogens with one attached hydrogen (secondary N) is 1. The molecule has 1 fully saturated rings. The first kappa shape index (κ1) is 14.8. The molecule has 2 rings (SSSR count). The molecule has 1 aliphatic heterocycles. The summed E-state index contributed by atoms with van der Waals surface area (Å²) in [5.41, 5.74) is -0.146. The summed E-state index contributed by atoms with van der Waals surface area (Å²) >= 11 is 0. The average molecular weight is 281 g/mol. The van der Waals surface area contributed by atoms with Gasteiger partial charge >= 0.3 is 6.01 Å². The highest BCUT2D eigenvalue weighted by Crippen LogP contribution is 2.25. The standard InChI is InChI=1S/C13H23N5O2/c1-5-14-10-15-11(17-12(16-10)20-6-2)18-7-8-19-9-13(18,3)4/h5-9H2,1-4H3,(H,14,15,16,17). The molecule has 0 aromatic carbocycles. The second kappa shape index (κ2) is 6.21. The third-order valence-corrected chi connectivity index (χ3v) is 3.10. The van der Waals surface area contributed by atoms with Gasteiger partial charge in [0.15, 0.2) is 0 Å². The lowest BCUT2D eigenvalue weighted by Gasteiger charge is -2.42. The van der Waals surface area contributed by atoms with Crippen molar-refractivity contribution in [2.24, 2.45) is 0 Å². The molecule has 7 nitrogen and oxygen atoms in total. The SMILES string of the molecule is CCNc1nc(OCC)nc(N2CCOCC2(C)C)n1. The summed E-state index contributed by atoms with van der Waals surface area (Å²) in [6, 6.07) is 0.357. The normalized spacial score (nSPS) is 17.9. The fourth-order valence-corrected chi connectivity index (χ4v) is 2.13. The Morgan fingerprint density at radius 3 is 2.75 bits per heavy atom. The quantitative estimate of drug-likeness (QED) is 0.872. The van der Waals surface area contributed by atoms with Crippen LogP contribution in [0.5, 0.6) is 6.01 Å². The predicted molar refractivity (Wildman–Crippen MR) is 77.4 cm³/mol. The zero-order valence-electron chi connectivity index (χ0n) is 12.6. The second-order valence-electron chi connectivity index (χ2n) is 5.22. The van der Waals surface area contributed by atoms with E-state index in [1.54, 1.807) is 0 Å². The number of nitrogens with zero attached hydrogens (tertiary/aromatic N) is 4. The summed E-state index contributed by atoms with van der Waals surface area (Å²) in [5, 5.41) is 3.11. The lowest BCUT2D eigenvalue weighted by atomic mass is 10.0. The molecule has 0 aliphatic carbocycles. The van der Waals surface area contributed by atoms with Crippen LogP contribution in [0.3, 0.4) is 0 Å². The highest BCUT2D eigenvalue weighted by molar-refractivity contribution is 5.41. The van der Waals surface area contributed by atoms with E-state index in [1.165, 1.54) is 0 Å². The molecule has 112 valence electrons. The van der Waals surface area contributed by atoms with Crippen LogP contribution in [0, 0.1) is 0 Å². The minimum Gasteiger partial charge on any atom is -0.464 e. The van der Waals surface area contributed by atoms with Gasteiger partial charge in [0, 0.05) is 13.1 Å². The molecular formula is C13H23N5O2. The first-order chi connectivity index (χ1) is 9.56. The second-order valence-corrected chi connectivity index (χ2v) is 5.22. The van der Waals surface area contributed by atoms with Crippen LogP contribution in [0.4, 0.5) is 11.9 Å². The lowest BCUT2D eigenvalue weighted by Crippen LogP contribution is -2.54. The van der Waals surface area contributed by atoms with Crippen LogP contribution in [-0.2, 0) is 4.74 Å². The van der Waals surface area contributed by atoms with E-state index in [4.69, 9.17) is 9.47 Å². The maximum Gasteiger partial charge on any atom is 0.323 e. The van der Waals surface area contributed by atoms with E-state index in [1.807, 2.05) is 13.8 Å². The molecule has 1 aliphatic rings. The largest absolute Gasteiger partial charge is 0.464 e. The Morgan fingerprint density at radius 1 is 1.30 bits per heavy atom. The predicted octanol–water partition coefficient (Wildman–Crippen LogP) is 1.32. The molecule has 0 bridgehead atoms. The minimum absolute atomic E-state index is 0.146. The topological polar surface area (TPSA) is 72.4 Å². The van der Waals surface area contributed by atoms with Crippen molar-refractivity contribution < 1.29 is 9.47 Å². The van der Waals surface area contributed by atoms with Crippen LogP contribution in [-0.4, -0.2) is 53.4 Å². The van der Waals surface area contributed by atoms with Crippen molar-refractivity contribution in [2.75, 3.05) is 43.1 Å². The van der Waals surface area contributed by atoms with Crippen LogP contribution in [0.15, 0.2) is 0 Å². The molecule has 0 atom stereocenters.